The maximum Gasteiger partial charge on any atom is 0.338 e. The molecule has 0 aromatic carbocycles. The van der Waals surface area contributed by atoms with Crippen LogP contribution in [0.2, 0.25) is 0 Å². The van der Waals surface area contributed by atoms with Crippen LogP contribution in [0.1, 0.15) is 29.5 Å². The number of imidazole rings is 1. The smallest absolute Gasteiger partial charge is 0.338 e. The summed E-state index contributed by atoms with van der Waals surface area (Å²) in [4.78, 5) is 22.3. The Hall–Kier alpha value is -1.95. The molecule has 0 saturated heterocycles. The summed E-state index contributed by atoms with van der Waals surface area (Å²) in [7, 11) is 0. The predicted octanol–water partition coefficient (Wildman–Crippen LogP) is 1.63. The van der Waals surface area contributed by atoms with Gasteiger partial charge in [-0.15, -0.1) is 0 Å². The van der Waals surface area contributed by atoms with E-state index >= 15 is 0 Å². The molecule has 0 aliphatic heterocycles. The van der Waals surface area contributed by atoms with E-state index in [-0.39, 0.29) is 5.56 Å². The zero-order valence-electron chi connectivity index (χ0n) is 10.1. The van der Waals surface area contributed by atoms with E-state index in [1.165, 1.54) is 12.3 Å². The molecule has 2 aromatic rings. The lowest BCUT2D eigenvalue weighted by Gasteiger charge is -1.99. The molecule has 0 radical (unpaired) electrons. The second kappa shape index (κ2) is 5.59. The second-order valence-electron chi connectivity index (χ2n) is 3.91. The highest BCUT2D eigenvalue weighted by atomic mass is 16.5. The molecular formula is C12H15N3O3. The standard InChI is InChI=1S/C12H15N3O3/c1-2-6-18-7-4-9-14-10-8(12(16)17)3-5-13-11(10)15-9/h3,5H,2,4,6-7H2,1H3,(H,16,17)(H,13,14,15). The average Bonchev–Trinajstić information content (AvgIpc) is 2.76. The van der Waals surface area contributed by atoms with E-state index in [1.807, 2.05) is 6.92 Å². The summed E-state index contributed by atoms with van der Waals surface area (Å²) in [6.45, 7) is 3.33. The summed E-state index contributed by atoms with van der Waals surface area (Å²) < 4.78 is 5.36. The first-order valence-electron chi connectivity index (χ1n) is 5.87. The Morgan fingerprint density at radius 1 is 1.50 bits per heavy atom. The Morgan fingerprint density at radius 2 is 2.33 bits per heavy atom. The molecule has 6 nitrogen and oxygen atoms in total. The number of fused-ring (bicyclic) bond motifs is 1. The van der Waals surface area contributed by atoms with E-state index in [4.69, 9.17) is 9.84 Å². The number of carbonyl (C=O) groups is 1. The molecule has 0 atom stereocenters. The van der Waals surface area contributed by atoms with Crippen LogP contribution in [0.5, 0.6) is 0 Å². The molecule has 0 spiro atoms. The van der Waals surface area contributed by atoms with Crippen LogP contribution in [0.4, 0.5) is 0 Å². The number of H-pyrrole nitrogens is 1. The largest absolute Gasteiger partial charge is 0.478 e. The van der Waals surface area contributed by atoms with Crippen LogP contribution in [0.15, 0.2) is 12.3 Å². The van der Waals surface area contributed by atoms with Gasteiger partial charge >= 0.3 is 5.97 Å². The summed E-state index contributed by atoms with van der Waals surface area (Å²) in [6, 6.07) is 1.46. The molecule has 0 saturated carbocycles. The number of hydrogen-bond donors (Lipinski definition) is 2. The lowest BCUT2D eigenvalue weighted by Crippen LogP contribution is -2.01. The minimum atomic E-state index is -0.986. The van der Waals surface area contributed by atoms with Crippen LogP contribution in [0.25, 0.3) is 11.2 Å². The van der Waals surface area contributed by atoms with Gasteiger partial charge in [-0.05, 0) is 12.5 Å². The number of rotatable bonds is 6. The van der Waals surface area contributed by atoms with Gasteiger partial charge in [0.05, 0.1) is 17.7 Å². The molecule has 2 rings (SSSR count). The van der Waals surface area contributed by atoms with Crippen molar-refractivity contribution in [3.8, 4) is 0 Å². The van der Waals surface area contributed by atoms with Crippen LogP contribution in [-0.4, -0.2) is 39.2 Å². The zero-order chi connectivity index (χ0) is 13.0. The Kier molecular flexibility index (Phi) is 3.88. The van der Waals surface area contributed by atoms with Crippen molar-refractivity contribution in [3.63, 3.8) is 0 Å². The van der Waals surface area contributed by atoms with E-state index in [9.17, 15) is 4.79 Å². The van der Waals surface area contributed by atoms with Gasteiger partial charge in [0.15, 0.2) is 5.65 Å². The van der Waals surface area contributed by atoms with Gasteiger partial charge in [-0.25, -0.2) is 14.8 Å². The van der Waals surface area contributed by atoms with Gasteiger partial charge in [0, 0.05) is 19.2 Å². The van der Waals surface area contributed by atoms with Crippen molar-refractivity contribution in [2.75, 3.05) is 13.2 Å². The lowest BCUT2D eigenvalue weighted by atomic mass is 10.2. The number of pyridine rings is 1. The van der Waals surface area contributed by atoms with Crippen molar-refractivity contribution >= 4 is 17.1 Å². The van der Waals surface area contributed by atoms with Gasteiger partial charge in [-0.1, -0.05) is 6.92 Å². The van der Waals surface area contributed by atoms with E-state index in [0.717, 1.165) is 13.0 Å². The van der Waals surface area contributed by atoms with Gasteiger partial charge in [0.1, 0.15) is 5.82 Å². The van der Waals surface area contributed by atoms with Crippen molar-refractivity contribution in [2.45, 2.75) is 19.8 Å². The topological polar surface area (TPSA) is 88.1 Å². The quantitative estimate of drug-likeness (QED) is 0.759. The minimum Gasteiger partial charge on any atom is -0.478 e. The summed E-state index contributed by atoms with van der Waals surface area (Å²) in [5, 5.41) is 9.04. The lowest BCUT2D eigenvalue weighted by molar-refractivity contribution is 0.0698. The fourth-order valence-corrected chi connectivity index (χ4v) is 1.67. The molecule has 0 fully saturated rings. The summed E-state index contributed by atoms with van der Waals surface area (Å²) in [5.41, 5.74) is 1.09. The molecular weight excluding hydrogens is 234 g/mol. The number of carboxylic acid groups (broad SMARTS) is 1. The number of nitrogens with one attached hydrogen (secondary N) is 1. The third-order valence-corrected chi connectivity index (χ3v) is 2.50. The predicted molar refractivity (Wildman–Crippen MR) is 65.7 cm³/mol. The molecule has 2 heterocycles. The Labute approximate surface area is 104 Å². The minimum absolute atomic E-state index is 0.188. The first kappa shape index (κ1) is 12.5. The molecule has 18 heavy (non-hydrogen) atoms. The number of nitrogens with zero attached hydrogens (tertiary/aromatic N) is 2. The van der Waals surface area contributed by atoms with E-state index in [2.05, 4.69) is 15.0 Å². The monoisotopic (exact) mass is 249 g/mol. The Bertz CT molecular complexity index is 550. The summed E-state index contributed by atoms with van der Waals surface area (Å²) >= 11 is 0. The van der Waals surface area contributed by atoms with Crippen LogP contribution < -0.4 is 0 Å². The highest BCUT2D eigenvalue weighted by molar-refractivity contribution is 5.99. The van der Waals surface area contributed by atoms with Gasteiger partial charge in [-0.2, -0.15) is 0 Å². The maximum absolute atomic E-state index is 11.0. The van der Waals surface area contributed by atoms with Gasteiger partial charge in [-0.3, -0.25) is 0 Å². The molecule has 0 bridgehead atoms. The fraction of sp³-hybridized carbons (Fsp3) is 0.417. The van der Waals surface area contributed by atoms with E-state index in [0.29, 0.717) is 30.0 Å². The first-order valence-corrected chi connectivity index (χ1v) is 5.87. The van der Waals surface area contributed by atoms with Crippen LogP contribution in [0, 0.1) is 0 Å². The van der Waals surface area contributed by atoms with E-state index in [1.54, 1.807) is 0 Å². The third kappa shape index (κ3) is 2.65. The first-order chi connectivity index (χ1) is 8.72. The molecule has 2 aromatic heterocycles. The summed E-state index contributed by atoms with van der Waals surface area (Å²) in [6.07, 6.45) is 3.05. The van der Waals surface area contributed by atoms with Gasteiger partial charge in [0.2, 0.25) is 0 Å². The zero-order valence-corrected chi connectivity index (χ0v) is 10.1. The van der Waals surface area contributed by atoms with Crippen molar-refractivity contribution in [1.82, 2.24) is 15.0 Å². The van der Waals surface area contributed by atoms with Crippen molar-refractivity contribution in [2.24, 2.45) is 0 Å². The van der Waals surface area contributed by atoms with E-state index < -0.39 is 5.97 Å². The molecule has 6 heteroatoms. The average molecular weight is 249 g/mol. The summed E-state index contributed by atoms with van der Waals surface area (Å²) in [5.74, 6) is -0.290. The third-order valence-electron chi connectivity index (χ3n) is 2.50. The molecule has 0 amide bonds. The number of aromatic carboxylic acids is 1. The number of aromatic amines is 1. The van der Waals surface area contributed by atoms with Crippen molar-refractivity contribution < 1.29 is 14.6 Å². The molecule has 2 N–H and O–H groups in total. The number of carboxylic acids is 1. The van der Waals surface area contributed by atoms with Crippen LogP contribution in [0.3, 0.4) is 0 Å². The Balaban J connectivity index is 2.17. The molecule has 0 unspecified atom stereocenters. The molecule has 0 aliphatic carbocycles. The Morgan fingerprint density at radius 3 is 3.06 bits per heavy atom. The highest BCUT2D eigenvalue weighted by Crippen LogP contribution is 2.14. The van der Waals surface area contributed by atoms with Crippen molar-refractivity contribution in [1.29, 1.82) is 0 Å². The number of aromatic nitrogens is 3. The normalized spacial score (nSPS) is 10.9. The van der Waals surface area contributed by atoms with Crippen molar-refractivity contribution in [3.05, 3.63) is 23.7 Å². The second-order valence-corrected chi connectivity index (χ2v) is 3.91. The SMILES string of the molecule is CCCOCCc1nc2nccc(C(=O)O)c2[nH]1. The maximum atomic E-state index is 11.0. The van der Waals surface area contributed by atoms with Crippen LogP contribution >= 0.6 is 0 Å². The molecule has 0 aliphatic rings. The molecule has 96 valence electrons. The van der Waals surface area contributed by atoms with Gasteiger partial charge < -0.3 is 14.8 Å². The fourth-order valence-electron chi connectivity index (χ4n) is 1.67. The number of ether oxygens (including phenoxy) is 1. The number of hydrogen-bond acceptors (Lipinski definition) is 4. The highest BCUT2D eigenvalue weighted by Gasteiger charge is 2.12. The van der Waals surface area contributed by atoms with Crippen LogP contribution in [-0.2, 0) is 11.2 Å². The van der Waals surface area contributed by atoms with Gasteiger partial charge in [0.25, 0.3) is 0 Å².